The Morgan fingerprint density at radius 1 is 1.15 bits per heavy atom. The van der Waals surface area contributed by atoms with Crippen molar-refractivity contribution in [3.05, 3.63) is 38.4 Å². The van der Waals surface area contributed by atoms with Crippen molar-refractivity contribution < 1.29 is 36.1 Å². The first kappa shape index (κ1) is 16.2. The summed E-state index contributed by atoms with van der Waals surface area (Å²) in [4.78, 5) is 20.1. The molecule has 0 saturated carbocycles. The number of carbonyl (C=O) groups is 1. The van der Waals surface area contributed by atoms with Gasteiger partial charge >= 0.3 is 12.4 Å². The molecule has 0 unspecified atom stereocenters. The summed E-state index contributed by atoms with van der Waals surface area (Å²) in [5, 5.41) is 9.34. The number of carbonyl (C=O) groups excluding carboxylic acids is 1. The zero-order chi connectivity index (χ0) is 15.9. The molecular formula is C9H2ClF6NO3. The average Bonchev–Trinajstić information content (AvgIpc) is 2.23. The van der Waals surface area contributed by atoms with E-state index in [1.807, 2.05) is 0 Å². The SMILES string of the molecule is O=C(c1cc(C(F)(F)F)cc(Cl)c1[N+](=O)[O-])C(F)(F)F. The summed E-state index contributed by atoms with van der Waals surface area (Å²) in [5.41, 5.74) is -4.98. The molecule has 0 fully saturated rings. The fraction of sp³-hybridized carbons (Fsp3) is 0.222. The van der Waals surface area contributed by atoms with Crippen LogP contribution in [-0.4, -0.2) is 16.9 Å². The highest BCUT2D eigenvalue weighted by molar-refractivity contribution is 6.33. The molecule has 0 bridgehead atoms. The molecule has 0 heterocycles. The molecule has 110 valence electrons. The van der Waals surface area contributed by atoms with Crippen LogP contribution in [0.4, 0.5) is 32.0 Å². The van der Waals surface area contributed by atoms with Crippen molar-refractivity contribution in [2.24, 2.45) is 0 Å². The van der Waals surface area contributed by atoms with Crippen molar-refractivity contribution in [1.82, 2.24) is 0 Å². The lowest BCUT2D eigenvalue weighted by Gasteiger charge is -2.11. The van der Waals surface area contributed by atoms with E-state index in [-0.39, 0.29) is 12.1 Å². The van der Waals surface area contributed by atoms with Gasteiger partial charge < -0.3 is 0 Å². The maximum atomic E-state index is 12.4. The molecule has 0 amide bonds. The molecule has 0 spiro atoms. The normalized spacial score (nSPS) is 12.3. The molecule has 1 rings (SSSR count). The molecule has 1 aromatic rings. The highest BCUT2D eigenvalue weighted by Gasteiger charge is 2.45. The third-order valence-electron chi connectivity index (χ3n) is 2.08. The highest BCUT2D eigenvalue weighted by Crippen LogP contribution is 2.39. The van der Waals surface area contributed by atoms with Crippen molar-refractivity contribution >= 4 is 23.1 Å². The Kier molecular flexibility index (Phi) is 3.99. The maximum Gasteiger partial charge on any atom is 0.455 e. The summed E-state index contributed by atoms with van der Waals surface area (Å²) in [6, 6.07) is -0.174. The Labute approximate surface area is 111 Å². The van der Waals surface area contributed by atoms with E-state index in [1.54, 1.807) is 0 Å². The first-order chi connectivity index (χ1) is 8.85. The van der Waals surface area contributed by atoms with E-state index in [0.29, 0.717) is 0 Å². The third kappa shape index (κ3) is 3.18. The van der Waals surface area contributed by atoms with Crippen LogP contribution < -0.4 is 0 Å². The van der Waals surface area contributed by atoms with Crippen LogP contribution in [0.5, 0.6) is 0 Å². The zero-order valence-corrected chi connectivity index (χ0v) is 9.73. The van der Waals surface area contributed by atoms with Gasteiger partial charge in [0.2, 0.25) is 0 Å². The summed E-state index contributed by atoms with van der Waals surface area (Å²) in [6.07, 6.45) is -10.7. The first-order valence-electron chi connectivity index (χ1n) is 4.52. The summed E-state index contributed by atoms with van der Waals surface area (Å²) < 4.78 is 74.0. The number of ketones is 1. The second-order valence-electron chi connectivity index (χ2n) is 3.44. The van der Waals surface area contributed by atoms with Gasteiger partial charge in [-0.05, 0) is 12.1 Å². The van der Waals surface area contributed by atoms with E-state index in [0.717, 1.165) is 0 Å². The van der Waals surface area contributed by atoms with Crippen LogP contribution in [0.3, 0.4) is 0 Å². The second-order valence-corrected chi connectivity index (χ2v) is 3.84. The number of halogens is 7. The van der Waals surface area contributed by atoms with Crippen LogP contribution in [0.2, 0.25) is 5.02 Å². The van der Waals surface area contributed by atoms with Gasteiger partial charge in [0, 0.05) is 0 Å². The Hall–Kier alpha value is -1.84. The van der Waals surface area contributed by atoms with Crippen molar-refractivity contribution in [3.63, 3.8) is 0 Å². The van der Waals surface area contributed by atoms with Gasteiger partial charge in [0.05, 0.1) is 10.5 Å². The quantitative estimate of drug-likeness (QED) is 0.358. The average molecular weight is 322 g/mol. The van der Waals surface area contributed by atoms with Crippen LogP contribution in [0, 0.1) is 10.1 Å². The van der Waals surface area contributed by atoms with Gasteiger partial charge in [-0.25, -0.2) is 0 Å². The number of alkyl halides is 6. The van der Waals surface area contributed by atoms with Gasteiger partial charge in [-0.1, -0.05) is 11.6 Å². The van der Waals surface area contributed by atoms with Gasteiger partial charge in [0.15, 0.2) is 0 Å². The van der Waals surface area contributed by atoms with E-state index in [2.05, 4.69) is 0 Å². The summed E-state index contributed by atoms with van der Waals surface area (Å²) in [6.45, 7) is 0. The summed E-state index contributed by atoms with van der Waals surface area (Å²) >= 11 is 5.17. The Bertz CT molecular complexity index is 580. The van der Waals surface area contributed by atoms with Crippen LogP contribution in [0.25, 0.3) is 0 Å². The van der Waals surface area contributed by atoms with Gasteiger partial charge in [-0.2, -0.15) is 26.3 Å². The lowest BCUT2D eigenvalue weighted by molar-refractivity contribution is -0.385. The topological polar surface area (TPSA) is 60.2 Å². The molecule has 1 aromatic carbocycles. The Morgan fingerprint density at radius 2 is 1.65 bits per heavy atom. The fourth-order valence-corrected chi connectivity index (χ4v) is 1.56. The van der Waals surface area contributed by atoms with Crippen LogP contribution in [0.1, 0.15) is 15.9 Å². The maximum absolute atomic E-state index is 12.4. The predicted molar refractivity (Wildman–Crippen MR) is 53.5 cm³/mol. The number of rotatable bonds is 2. The lowest BCUT2D eigenvalue weighted by atomic mass is 10.0. The van der Waals surface area contributed by atoms with Gasteiger partial charge in [-0.15, -0.1) is 0 Å². The number of hydrogen-bond donors (Lipinski definition) is 0. The number of benzene rings is 1. The molecule has 0 aromatic heterocycles. The minimum atomic E-state index is -5.57. The first-order valence-corrected chi connectivity index (χ1v) is 4.90. The Morgan fingerprint density at radius 3 is 2.00 bits per heavy atom. The Balaban J connectivity index is 3.66. The molecule has 0 aliphatic heterocycles. The van der Waals surface area contributed by atoms with Crippen LogP contribution >= 0.6 is 11.6 Å². The molecular weight excluding hydrogens is 320 g/mol. The predicted octanol–water partition coefficient (Wildman–Crippen LogP) is 4.01. The standard InChI is InChI=1S/C9H2ClF6NO3/c10-5-2-3(8(11,12)13)1-4(6(5)17(19)20)7(18)9(14,15)16/h1-2H. The molecule has 0 atom stereocenters. The highest BCUT2D eigenvalue weighted by atomic mass is 35.5. The van der Waals surface area contributed by atoms with E-state index >= 15 is 0 Å². The minimum absolute atomic E-state index is 0.0762. The number of Topliss-reactive ketones (excluding diaryl/α,β-unsaturated/α-hetero) is 1. The van der Waals surface area contributed by atoms with Crippen molar-refractivity contribution in [2.45, 2.75) is 12.4 Å². The number of nitrogens with zero attached hydrogens (tertiary/aromatic N) is 1. The number of nitro benzene ring substituents is 1. The molecule has 0 N–H and O–H groups in total. The van der Waals surface area contributed by atoms with E-state index in [1.165, 1.54) is 0 Å². The number of nitro groups is 1. The molecule has 11 heteroatoms. The smallest absolute Gasteiger partial charge is 0.284 e. The van der Waals surface area contributed by atoms with E-state index in [4.69, 9.17) is 11.6 Å². The van der Waals surface area contributed by atoms with Crippen molar-refractivity contribution in [2.75, 3.05) is 0 Å². The monoisotopic (exact) mass is 321 g/mol. The van der Waals surface area contributed by atoms with Crippen molar-refractivity contribution in [3.8, 4) is 0 Å². The largest absolute Gasteiger partial charge is 0.455 e. The lowest BCUT2D eigenvalue weighted by Crippen LogP contribution is -2.24. The van der Waals surface area contributed by atoms with E-state index in [9.17, 15) is 41.3 Å². The second kappa shape index (κ2) is 4.93. The molecule has 20 heavy (non-hydrogen) atoms. The number of hydrogen-bond acceptors (Lipinski definition) is 3. The van der Waals surface area contributed by atoms with Gasteiger partial charge in [-0.3, -0.25) is 14.9 Å². The van der Waals surface area contributed by atoms with E-state index < -0.39 is 44.9 Å². The molecule has 0 aliphatic rings. The third-order valence-corrected chi connectivity index (χ3v) is 2.36. The van der Waals surface area contributed by atoms with Crippen molar-refractivity contribution in [1.29, 1.82) is 0 Å². The van der Waals surface area contributed by atoms with Gasteiger partial charge in [0.25, 0.3) is 11.5 Å². The summed E-state index contributed by atoms with van der Waals surface area (Å²) in [5.74, 6) is -2.78. The molecule has 0 radical (unpaired) electrons. The molecule has 4 nitrogen and oxygen atoms in total. The zero-order valence-electron chi connectivity index (χ0n) is 8.97. The van der Waals surface area contributed by atoms with Crippen LogP contribution in [0.15, 0.2) is 12.1 Å². The fourth-order valence-electron chi connectivity index (χ4n) is 1.27. The minimum Gasteiger partial charge on any atom is -0.284 e. The summed E-state index contributed by atoms with van der Waals surface area (Å²) in [7, 11) is 0. The molecule has 0 saturated heterocycles. The molecule has 0 aliphatic carbocycles. The van der Waals surface area contributed by atoms with Crippen LogP contribution in [-0.2, 0) is 6.18 Å². The van der Waals surface area contributed by atoms with Gasteiger partial charge in [0.1, 0.15) is 10.6 Å².